The van der Waals surface area contributed by atoms with E-state index in [4.69, 9.17) is 4.74 Å². The van der Waals surface area contributed by atoms with Gasteiger partial charge >= 0.3 is 6.18 Å². The van der Waals surface area contributed by atoms with Crippen LogP contribution in [-0.2, 0) is 12.7 Å². The maximum atomic E-state index is 13.6. The molecule has 0 saturated carbocycles. The number of imidazole rings is 1. The molecular formula is C23H21F3N6O. The Labute approximate surface area is 187 Å². The fourth-order valence-electron chi connectivity index (χ4n) is 4.27. The summed E-state index contributed by atoms with van der Waals surface area (Å²) in [6.07, 6.45) is 0.377. The summed E-state index contributed by atoms with van der Waals surface area (Å²) >= 11 is 0. The molecule has 0 aliphatic carbocycles. The second kappa shape index (κ2) is 8.02. The average molecular weight is 454 g/mol. The van der Waals surface area contributed by atoms with Crippen molar-refractivity contribution in [1.29, 1.82) is 0 Å². The molecule has 1 atom stereocenters. The molecule has 1 aromatic carbocycles. The van der Waals surface area contributed by atoms with Crippen molar-refractivity contribution in [3.05, 3.63) is 71.6 Å². The lowest BCUT2D eigenvalue weighted by Crippen LogP contribution is -2.21. The Balaban J connectivity index is 1.55. The second-order valence-corrected chi connectivity index (χ2v) is 7.94. The molecule has 1 aliphatic rings. The molecule has 5 rings (SSSR count). The molecule has 0 radical (unpaired) electrons. The van der Waals surface area contributed by atoms with E-state index in [2.05, 4.69) is 20.1 Å². The third-order valence-corrected chi connectivity index (χ3v) is 5.77. The van der Waals surface area contributed by atoms with Crippen molar-refractivity contribution in [2.75, 3.05) is 7.11 Å². The number of fused-ring (bicyclic) bond motifs is 1. The Morgan fingerprint density at radius 3 is 2.64 bits per heavy atom. The Kier molecular flexibility index (Phi) is 5.15. The molecule has 7 nitrogen and oxygen atoms in total. The third kappa shape index (κ3) is 3.85. The second-order valence-electron chi connectivity index (χ2n) is 7.94. The van der Waals surface area contributed by atoms with E-state index in [-0.39, 0.29) is 5.56 Å². The van der Waals surface area contributed by atoms with E-state index in [1.54, 1.807) is 27.7 Å². The summed E-state index contributed by atoms with van der Waals surface area (Å²) in [7, 11) is 1.52. The van der Waals surface area contributed by atoms with E-state index in [1.165, 1.54) is 19.2 Å². The largest absolute Gasteiger partial charge is 0.479 e. The van der Waals surface area contributed by atoms with Crippen LogP contribution in [0.5, 0.6) is 5.88 Å². The van der Waals surface area contributed by atoms with Crippen LogP contribution in [0, 0.1) is 6.92 Å². The van der Waals surface area contributed by atoms with Crippen LogP contribution < -0.4 is 4.74 Å². The van der Waals surface area contributed by atoms with Gasteiger partial charge in [-0.05, 0) is 43.5 Å². The quantitative estimate of drug-likeness (QED) is 0.444. The number of halogens is 3. The van der Waals surface area contributed by atoms with Crippen molar-refractivity contribution in [2.24, 2.45) is 0 Å². The first-order valence-electron chi connectivity index (χ1n) is 10.5. The van der Waals surface area contributed by atoms with Gasteiger partial charge in [-0.25, -0.2) is 19.6 Å². The van der Waals surface area contributed by atoms with Gasteiger partial charge in [0, 0.05) is 18.7 Å². The van der Waals surface area contributed by atoms with Gasteiger partial charge in [0.1, 0.15) is 17.2 Å². The molecular weight excluding hydrogens is 433 g/mol. The Hall–Kier alpha value is -3.69. The number of alkyl halides is 3. The van der Waals surface area contributed by atoms with Gasteiger partial charge in [-0.1, -0.05) is 18.2 Å². The number of methoxy groups -OCH3 is 1. The molecule has 33 heavy (non-hydrogen) atoms. The van der Waals surface area contributed by atoms with Crippen LogP contribution in [0.15, 0.2) is 48.9 Å². The minimum absolute atomic E-state index is 0.223. The molecule has 0 fully saturated rings. The summed E-state index contributed by atoms with van der Waals surface area (Å²) in [5.41, 5.74) is 1.64. The van der Waals surface area contributed by atoms with Crippen molar-refractivity contribution < 1.29 is 17.9 Å². The summed E-state index contributed by atoms with van der Waals surface area (Å²) in [4.78, 5) is 13.4. The van der Waals surface area contributed by atoms with E-state index >= 15 is 0 Å². The van der Waals surface area contributed by atoms with Crippen molar-refractivity contribution in [3.8, 4) is 23.1 Å². The number of benzene rings is 1. The number of pyridine rings is 1. The monoisotopic (exact) mass is 454 g/mol. The smallest absolute Gasteiger partial charge is 0.416 e. The fourth-order valence-corrected chi connectivity index (χ4v) is 4.27. The molecule has 1 aliphatic heterocycles. The van der Waals surface area contributed by atoms with Gasteiger partial charge in [0.2, 0.25) is 5.88 Å². The Morgan fingerprint density at radius 1 is 1.09 bits per heavy atom. The molecule has 0 spiro atoms. The van der Waals surface area contributed by atoms with Gasteiger partial charge in [-0.2, -0.15) is 13.2 Å². The maximum Gasteiger partial charge on any atom is 0.416 e. The first kappa shape index (κ1) is 21.2. The molecule has 4 aromatic rings. The number of rotatable bonds is 4. The number of hydrogen-bond acceptors (Lipinski definition) is 5. The number of hydrogen-bond donors (Lipinski definition) is 0. The van der Waals surface area contributed by atoms with E-state index in [9.17, 15) is 13.2 Å². The topological polar surface area (TPSA) is 70.7 Å². The highest BCUT2D eigenvalue weighted by molar-refractivity contribution is 5.55. The number of aromatic nitrogens is 6. The predicted molar refractivity (Wildman–Crippen MR) is 114 cm³/mol. The average Bonchev–Trinajstić information content (AvgIpc) is 3.44. The van der Waals surface area contributed by atoms with E-state index in [1.807, 2.05) is 19.2 Å². The summed E-state index contributed by atoms with van der Waals surface area (Å²) in [6.45, 7) is 2.48. The lowest BCUT2D eigenvalue weighted by atomic mass is 9.88. The Morgan fingerprint density at radius 2 is 1.91 bits per heavy atom. The zero-order chi connectivity index (χ0) is 23.2. The molecule has 10 heteroatoms. The predicted octanol–water partition coefficient (Wildman–Crippen LogP) is 4.79. The normalized spacial score (nSPS) is 16.0. The van der Waals surface area contributed by atoms with Crippen LogP contribution >= 0.6 is 0 Å². The van der Waals surface area contributed by atoms with E-state index in [0.717, 1.165) is 11.8 Å². The van der Waals surface area contributed by atoms with Gasteiger partial charge in [0.05, 0.1) is 24.7 Å². The van der Waals surface area contributed by atoms with Gasteiger partial charge < -0.3 is 9.30 Å². The van der Waals surface area contributed by atoms with Gasteiger partial charge in [-0.3, -0.25) is 0 Å². The highest BCUT2D eigenvalue weighted by Crippen LogP contribution is 2.40. The van der Waals surface area contributed by atoms with Gasteiger partial charge in [-0.15, -0.1) is 5.10 Å². The third-order valence-electron chi connectivity index (χ3n) is 5.77. The SMILES string of the molecule is COc1nc(-c2nc3n(n2)CCC[C@@H]3c2ccccc2C(F)(F)F)ccc1-n1cnc(C)c1. The molecule has 0 N–H and O–H groups in total. The lowest BCUT2D eigenvalue weighted by Gasteiger charge is -2.25. The Bertz CT molecular complexity index is 1310. The van der Waals surface area contributed by atoms with Gasteiger partial charge in [0.25, 0.3) is 0 Å². The van der Waals surface area contributed by atoms with Crippen LogP contribution in [0.25, 0.3) is 17.2 Å². The fraction of sp³-hybridized carbons (Fsp3) is 0.304. The molecule has 3 aromatic heterocycles. The van der Waals surface area contributed by atoms with Crippen molar-refractivity contribution >= 4 is 0 Å². The molecule has 4 heterocycles. The van der Waals surface area contributed by atoms with E-state index < -0.39 is 17.7 Å². The number of ether oxygens (including phenoxy) is 1. The molecule has 0 bridgehead atoms. The summed E-state index contributed by atoms with van der Waals surface area (Å²) in [5, 5.41) is 4.56. The van der Waals surface area contributed by atoms with Crippen LogP contribution in [0.2, 0.25) is 0 Å². The zero-order valence-corrected chi connectivity index (χ0v) is 18.0. The minimum Gasteiger partial charge on any atom is -0.479 e. The van der Waals surface area contributed by atoms with E-state index in [0.29, 0.717) is 48.3 Å². The summed E-state index contributed by atoms with van der Waals surface area (Å²) < 4.78 is 49.9. The molecule has 0 saturated heterocycles. The molecule has 170 valence electrons. The number of nitrogens with zero attached hydrogens (tertiary/aromatic N) is 6. The van der Waals surface area contributed by atoms with Crippen LogP contribution in [-0.4, -0.2) is 36.4 Å². The highest BCUT2D eigenvalue weighted by atomic mass is 19.4. The first-order valence-corrected chi connectivity index (χ1v) is 10.5. The van der Waals surface area contributed by atoms with Crippen molar-refractivity contribution in [2.45, 2.75) is 38.4 Å². The number of aryl methyl sites for hydroxylation is 2. The minimum atomic E-state index is -4.43. The summed E-state index contributed by atoms with van der Waals surface area (Å²) in [5.74, 6) is 0.751. The van der Waals surface area contributed by atoms with Gasteiger partial charge in [0.15, 0.2) is 5.82 Å². The van der Waals surface area contributed by atoms with Crippen LogP contribution in [0.4, 0.5) is 13.2 Å². The van der Waals surface area contributed by atoms with Crippen molar-refractivity contribution in [3.63, 3.8) is 0 Å². The highest BCUT2D eigenvalue weighted by Gasteiger charge is 2.37. The van der Waals surface area contributed by atoms with Crippen molar-refractivity contribution in [1.82, 2.24) is 29.3 Å². The first-order chi connectivity index (χ1) is 15.8. The maximum absolute atomic E-state index is 13.6. The summed E-state index contributed by atoms with van der Waals surface area (Å²) in [6, 6.07) is 9.29. The molecule has 0 unspecified atom stereocenters. The van der Waals surface area contributed by atoms with Crippen LogP contribution in [0.1, 0.15) is 41.4 Å². The van der Waals surface area contributed by atoms with Crippen LogP contribution in [0.3, 0.4) is 0 Å². The zero-order valence-electron chi connectivity index (χ0n) is 18.0. The molecule has 0 amide bonds. The standard InChI is InChI=1S/C23H21F3N6O/c1-14-12-31(13-27-14)19-10-9-18(28-22(19)33-2)20-29-21-16(7-5-11-32(21)30-20)15-6-3-4-8-17(15)23(24,25)26/h3-4,6,8-10,12-13,16H,5,7,11H2,1-2H3/t16-/m1/s1. The lowest BCUT2D eigenvalue weighted by molar-refractivity contribution is -0.138.